The maximum Gasteiger partial charge on any atom is 0.0560 e. The summed E-state index contributed by atoms with van der Waals surface area (Å²) in [5.41, 5.74) is 14.0. The molecule has 2 aromatic heterocycles. The Bertz CT molecular complexity index is 957. The highest BCUT2D eigenvalue weighted by Gasteiger charge is 2.26. The van der Waals surface area contributed by atoms with Crippen LogP contribution in [0.3, 0.4) is 0 Å². The monoisotopic (exact) mass is 335 g/mol. The normalized spacial score (nSPS) is 20.5. The van der Waals surface area contributed by atoms with Gasteiger partial charge in [0.25, 0.3) is 0 Å². The van der Waals surface area contributed by atoms with Crippen molar-refractivity contribution in [2.45, 2.75) is 52.2 Å². The number of nitrogens with two attached hydrogens (primary N) is 1. The number of nitrogens with zero attached hydrogens (tertiary/aromatic N) is 2. The van der Waals surface area contributed by atoms with Gasteiger partial charge in [0.2, 0.25) is 0 Å². The standard InChI is InChI=1S/C21H25N3O/c1-12-6-17-19(18-9-23-10-20(22)14(18)3)11-24(21(17)7-13(12)2)15-4-5-16(25)8-15/h6-7,9-11,15-16,25H,4-5,8,22H2,1-3H3. The zero-order valence-electron chi connectivity index (χ0n) is 15.1. The van der Waals surface area contributed by atoms with Gasteiger partial charge in [-0.25, -0.2) is 0 Å². The van der Waals surface area contributed by atoms with Crippen LogP contribution >= 0.6 is 0 Å². The fraction of sp³-hybridized carbons (Fsp3) is 0.381. The topological polar surface area (TPSA) is 64.1 Å². The summed E-state index contributed by atoms with van der Waals surface area (Å²) < 4.78 is 2.36. The Balaban J connectivity index is 1.98. The van der Waals surface area contributed by atoms with E-state index >= 15 is 0 Å². The first kappa shape index (κ1) is 16.2. The van der Waals surface area contributed by atoms with E-state index in [4.69, 9.17) is 5.73 Å². The first-order valence-corrected chi connectivity index (χ1v) is 8.96. The van der Waals surface area contributed by atoms with Crippen LogP contribution in [0.2, 0.25) is 0 Å². The average molecular weight is 335 g/mol. The molecule has 25 heavy (non-hydrogen) atoms. The molecule has 1 aliphatic carbocycles. The van der Waals surface area contributed by atoms with E-state index in [1.165, 1.54) is 27.6 Å². The van der Waals surface area contributed by atoms with Crippen molar-refractivity contribution in [1.82, 2.24) is 9.55 Å². The van der Waals surface area contributed by atoms with Crippen LogP contribution in [0.25, 0.3) is 22.0 Å². The molecule has 3 N–H and O–H groups in total. The first-order valence-electron chi connectivity index (χ1n) is 8.96. The first-order chi connectivity index (χ1) is 12.0. The molecule has 2 heterocycles. The number of anilines is 1. The van der Waals surface area contributed by atoms with E-state index in [2.05, 4.69) is 48.7 Å². The van der Waals surface area contributed by atoms with Gasteiger partial charge in [0.15, 0.2) is 0 Å². The molecule has 2 unspecified atom stereocenters. The SMILES string of the molecule is Cc1cc2c(-c3cncc(N)c3C)cn(C3CCC(O)C3)c2cc1C. The van der Waals surface area contributed by atoms with E-state index in [9.17, 15) is 5.11 Å². The Labute approximate surface area is 148 Å². The average Bonchev–Trinajstić information content (AvgIpc) is 3.15. The number of pyridine rings is 1. The van der Waals surface area contributed by atoms with Gasteiger partial charge in [-0.3, -0.25) is 4.98 Å². The van der Waals surface area contributed by atoms with E-state index < -0.39 is 0 Å². The largest absolute Gasteiger partial charge is 0.397 e. The lowest BCUT2D eigenvalue weighted by Gasteiger charge is -2.14. The molecule has 4 heteroatoms. The van der Waals surface area contributed by atoms with Crippen molar-refractivity contribution in [2.75, 3.05) is 5.73 Å². The molecule has 1 fully saturated rings. The Morgan fingerprint density at radius 1 is 1.08 bits per heavy atom. The van der Waals surface area contributed by atoms with Gasteiger partial charge in [0.1, 0.15) is 0 Å². The number of aliphatic hydroxyl groups excluding tert-OH is 1. The molecule has 0 spiro atoms. The van der Waals surface area contributed by atoms with Crippen LogP contribution < -0.4 is 5.73 Å². The number of fused-ring (bicyclic) bond motifs is 1. The van der Waals surface area contributed by atoms with E-state index in [1.54, 1.807) is 6.20 Å². The highest BCUT2D eigenvalue weighted by molar-refractivity contribution is 5.98. The predicted octanol–water partition coefficient (Wildman–Crippen LogP) is 4.30. The van der Waals surface area contributed by atoms with Crippen LogP contribution in [0.5, 0.6) is 0 Å². The van der Waals surface area contributed by atoms with Crippen LogP contribution in [0, 0.1) is 20.8 Å². The minimum Gasteiger partial charge on any atom is -0.397 e. The summed E-state index contributed by atoms with van der Waals surface area (Å²) >= 11 is 0. The van der Waals surface area contributed by atoms with Gasteiger partial charge in [-0.1, -0.05) is 0 Å². The Morgan fingerprint density at radius 3 is 2.56 bits per heavy atom. The van der Waals surface area contributed by atoms with Crippen molar-refractivity contribution in [3.63, 3.8) is 0 Å². The van der Waals surface area contributed by atoms with Gasteiger partial charge in [-0.2, -0.15) is 0 Å². The van der Waals surface area contributed by atoms with Gasteiger partial charge in [0, 0.05) is 40.5 Å². The number of hydrogen-bond acceptors (Lipinski definition) is 3. The number of benzene rings is 1. The predicted molar refractivity (Wildman–Crippen MR) is 103 cm³/mol. The van der Waals surface area contributed by atoms with E-state index in [-0.39, 0.29) is 6.10 Å². The lowest BCUT2D eigenvalue weighted by molar-refractivity contribution is 0.178. The molecular formula is C21H25N3O. The van der Waals surface area contributed by atoms with Gasteiger partial charge in [-0.15, -0.1) is 0 Å². The van der Waals surface area contributed by atoms with Crippen molar-refractivity contribution in [2.24, 2.45) is 0 Å². The number of hydrogen-bond donors (Lipinski definition) is 2. The fourth-order valence-corrected chi connectivity index (χ4v) is 4.03. The van der Waals surface area contributed by atoms with Gasteiger partial charge in [-0.05, 0) is 68.9 Å². The minimum atomic E-state index is -0.187. The van der Waals surface area contributed by atoms with Crippen molar-refractivity contribution in [3.8, 4) is 11.1 Å². The van der Waals surface area contributed by atoms with Crippen LogP contribution in [0.1, 0.15) is 42.0 Å². The molecule has 4 rings (SSSR count). The van der Waals surface area contributed by atoms with Crippen molar-refractivity contribution < 1.29 is 5.11 Å². The zero-order chi connectivity index (χ0) is 17.7. The molecule has 0 radical (unpaired) electrons. The lowest BCUT2D eigenvalue weighted by atomic mass is 9.99. The van der Waals surface area contributed by atoms with Crippen LogP contribution in [-0.4, -0.2) is 20.8 Å². The third-order valence-corrected chi connectivity index (χ3v) is 5.76. The zero-order valence-corrected chi connectivity index (χ0v) is 15.1. The smallest absolute Gasteiger partial charge is 0.0560 e. The molecule has 0 amide bonds. The summed E-state index contributed by atoms with van der Waals surface area (Å²) in [6.07, 6.45) is 8.38. The molecule has 0 bridgehead atoms. The highest BCUT2D eigenvalue weighted by Crippen LogP contribution is 2.40. The molecule has 0 aliphatic heterocycles. The quantitative estimate of drug-likeness (QED) is 0.734. The maximum atomic E-state index is 10.00. The molecule has 0 saturated heterocycles. The second kappa shape index (κ2) is 5.88. The van der Waals surface area contributed by atoms with E-state index in [0.29, 0.717) is 6.04 Å². The Hall–Kier alpha value is -2.33. The van der Waals surface area contributed by atoms with Crippen molar-refractivity contribution >= 4 is 16.6 Å². The lowest BCUT2D eigenvalue weighted by Crippen LogP contribution is -2.06. The molecule has 3 aromatic rings. The number of aromatic nitrogens is 2. The van der Waals surface area contributed by atoms with Gasteiger partial charge >= 0.3 is 0 Å². The number of aliphatic hydroxyl groups is 1. The van der Waals surface area contributed by atoms with Gasteiger partial charge in [0.05, 0.1) is 18.0 Å². The van der Waals surface area contributed by atoms with Crippen LogP contribution in [0.15, 0.2) is 30.7 Å². The van der Waals surface area contributed by atoms with Gasteiger partial charge < -0.3 is 15.4 Å². The van der Waals surface area contributed by atoms with E-state index in [0.717, 1.165) is 36.1 Å². The molecule has 1 aliphatic rings. The Kier molecular flexibility index (Phi) is 3.80. The molecule has 4 nitrogen and oxygen atoms in total. The molecule has 130 valence electrons. The van der Waals surface area contributed by atoms with Crippen molar-refractivity contribution in [1.29, 1.82) is 0 Å². The second-order valence-electron chi connectivity index (χ2n) is 7.43. The fourth-order valence-electron chi connectivity index (χ4n) is 4.03. The minimum absolute atomic E-state index is 0.187. The summed E-state index contributed by atoms with van der Waals surface area (Å²) in [4.78, 5) is 4.31. The van der Waals surface area contributed by atoms with Crippen LogP contribution in [0.4, 0.5) is 5.69 Å². The summed E-state index contributed by atoms with van der Waals surface area (Å²) in [7, 11) is 0. The number of rotatable bonds is 2. The highest BCUT2D eigenvalue weighted by atomic mass is 16.3. The third kappa shape index (κ3) is 2.61. The number of aryl methyl sites for hydroxylation is 2. The maximum absolute atomic E-state index is 10.00. The second-order valence-corrected chi connectivity index (χ2v) is 7.43. The Morgan fingerprint density at radius 2 is 1.84 bits per heavy atom. The number of nitrogen functional groups attached to an aromatic ring is 1. The molecule has 2 atom stereocenters. The summed E-state index contributed by atoms with van der Waals surface area (Å²) in [5.74, 6) is 0. The molecule has 1 saturated carbocycles. The summed E-state index contributed by atoms with van der Waals surface area (Å²) in [6.45, 7) is 6.36. The molecular weight excluding hydrogens is 310 g/mol. The van der Waals surface area contributed by atoms with Crippen LogP contribution in [-0.2, 0) is 0 Å². The third-order valence-electron chi connectivity index (χ3n) is 5.76. The van der Waals surface area contributed by atoms with E-state index in [1.807, 2.05) is 6.20 Å². The summed E-state index contributed by atoms with van der Waals surface area (Å²) in [6, 6.07) is 4.89. The molecule has 1 aromatic carbocycles. The van der Waals surface area contributed by atoms with Crippen molar-refractivity contribution in [3.05, 3.63) is 47.4 Å². The summed E-state index contributed by atoms with van der Waals surface area (Å²) in [5, 5.41) is 11.2.